The summed E-state index contributed by atoms with van der Waals surface area (Å²) < 4.78 is 0. The highest BCUT2D eigenvalue weighted by Crippen LogP contribution is 2.23. The Balaban J connectivity index is 2.53. The predicted octanol–water partition coefficient (Wildman–Crippen LogP) is 1.52. The number of amides is 2. The molecular weight excluding hydrogens is 254 g/mol. The number of urea groups is 1. The molecule has 3 N–H and O–H groups in total. The second-order valence-electron chi connectivity index (χ2n) is 3.78. The Morgan fingerprint density at radius 1 is 1.50 bits per heavy atom. The molecule has 0 unspecified atom stereocenters. The maximum atomic E-state index is 11.8. The smallest absolute Gasteiger partial charge is 0.338 e. The van der Waals surface area contributed by atoms with Crippen LogP contribution >= 0.6 is 11.3 Å². The van der Waals surface area contributed by atoms with E-state index >= 15 is 0 Å². The Morgan fingerprint density at radius 2 is 2.22 bits per heavy atom. The summed E-state index contributed by atoms with van der Waals surface area (Å²) in [6, 6.07) is 1.18. The molecule has 1 aromatic heterocycles. The summed E-state index contributed by atoms with van der Waals surface area (Å²) in [6.07, 6.45) is 0.844. The molecular formula is C11H17N3O3S. The predicted molar refractivity (Wildman–Crippen MR) is 71.5 cm³/mol. The Morgan fingerprint density at radius 3 is 2.83 bits per heavy atom. The number of hydrogen-bond donors (Lipinski definition) is 3. The fraction of sp³-hybridized carbons (Fsp3) is 0.455. The van der Waals surface area contributed by atoms with E-state index in [9.17, 15) is 9.59 Å². The van der Waals surface area contributed by atoms with Crippen LogP contribution < -0.4 is 10.6 Å². The third kappa shape index (κ3) is 4.01. The highest BCUT2D eigenvalue weighted by molar-refractivity contribution is 7.14. The van der Waals surface area contributed by atoms with Crippen LogP contribution in [-0.4, -0.2) is 49.2 Å². The molecule has 7 heteroatoms. The summed E-state index contributed by atoms with van der Waals surface area (Å²) in [7, 11) is 3.53. The first-order chi connectivity index (χ1) is 8.56. The van der Waals surface area contributed by atoms with E-state index in [4.69, 9.17) is 5.11 Å². The zero-order chi connectivity index (χ0) is 13.5. The summed E-state index contributed by atoms with van der Waals surface area (Å²) in [5, 5.41) is 16.5. The normalized spacial score (nSPS) is 10.1. The number of carboxylic acids is 1. The molecule has 0 fully saturated rings. The van der Waals surface area contributed by atoms with E-state index in [1.165, 1.54) is 22.3 Å². The number of carbonyl (C=O) groups excluding carboxylic acids is 1. The van der Waals surface area contributed by atoms with Gasteiger partial charge in [0.15, 0.2) is 0 Å². The van der Waals surface area contributed by atoms with Gasteiger partial charge in [0.25, 0.3) is 0 Å². The second kappa shape index (κ2) is 6.97. The number of thiophene rings is 1. The van der Waals surface area contributed by atoms with Crippen molar-refractivity contribution >= 4 is 28.3 Å². The van der Waals surface area contributed by atoms with Gasteiger partial charge in [-0.05, 0) is 31.5 Å². The van der Waals surface area contributed by atoms with Gasteiger partial charge in [-0.1, -0.05) is 0 Å². The van der Waals surface area contributed by atoms with Crippen molar-refractivity contribution in [3.8, 4) is 0 Å². The van der Waals surface area contributed by atoms with Gasteiger partial charge >= 0.3 is 12.0 Å². The molecule has 1 heterocycles. The summed E-state index contributed by atoms with van der Waals surface area (Å²) in [5.74, 6) is -1.04. The van der Waals surface area contributed by atoms with Crippen molar-refractivity contribution in [3.63, 3.8) is 0 Å². The third-order valence-electron chi connectivity index (χ3n) is 2.38. The van der Waals surface area contributed by atoms with Gasteiger partial charge in [0.05, 0.1) is 5.56 Å². The molecule has 2 amide bonds. The summed E-state index contributed by atoms with van der Waals surface area (Å²) >= 11 is 1.20. The number of anilines is 1. The van der Waals surface area contributed by atoms with Crippen molar-refractivity contribution in [1.82, 2.24) is 10.2 Å². The van der Waals surface area contributed by atoms with E-state index in [0.717, 1.165) is 13.0 Å². The van der Waals surface area contributed by atoms with E-state index in [1.807, 2.05) is 7.05 Å². The minimum atomic E-state index is -1.04. The molecule has 0 aliphatic rings. The minimum absolute atomic E-state index is 0.122. The number of hydrogen-bond acceptors (Lipinski definition) is 4. The summed E-state index contributed by atoms with van der Waals surface area (Å²) in [4.78, 5) is 24.2. The zero-order valence-electron chi connectivity index (χ0n) is 10.4. The maximum absolute atomic E-state index is 11.8. The average molecular weight is 271 g/mol. The third-order valence-corrected chi connectivity index (χ3v) is 3.21. The first-order valence-corrected chi connectivity index (χ1v) is 6.41. The number of nitrogens with one attached hydrogen (secondary N) is 2. The van der Waals surface area contributed by atoms with E-state index in [1.54, 1.807) is 12.4 Å². The van der Waals surface area contributed by atoms with Crippen molar-refractivity contribution in [2.45, 2.75) is 6.42 Å². The first kappa shape index (κ1) is 14.5. The summed E-state index contributed by atoms with van der Waals surface area (Å²) in [6.45, 7) is 1.44. The van der Waals surface area contributed by atoms with E-state index in [0.29, 0.717) is 11.5 Å². The lowest BCUT2D eigenvalue weighted by Crippen LogP contribution is -2.33. The van der Waals surface area contributed by atoms with Crippen LogP contribution in [0.15, 0.2) is 11.4 Å². The van der Waals surface area contributed by atoms with Crippen molar-refractivity contribution in [2.24, 2.45) is 0 Å². The molecule has 0 saturated carbocycles. The zero-order valence-corrected chi connectivity index (χ0v) is 11.2. The van der Waals surface area contributed by atoms with E-state index < -0.39 is 5.97 Å². The lowest BCUT2D eigenvalue weighted by atomic mass is 10.3. The van der Waals surface area contributed by atoms with Crippen LogP contribution in [0.3, 0.4) is 0 Å². The monoisotopic (exact) mass is 271 g/mol. The quantitative estimate of drug-likeness (QED) is 0.685. The van der Waals surface area contributed by atoms with Gasteiger partial charge < -0.3 is 15.3 Å². The minimum Gasteiger partial charge on any atom is -0.478 e. The van der Waals surface area contributed by atoms with Gasteiger partial charge in [-0.25, -0.2) is 9.59 Å². The van der Waals surface area contributed by atoms with Gasteiger partial charge in [-0.2, -0.15) is 0 Å². The Kier molecular flexibility index (Phi) is 5.60. The van der Waals surface area contributed by atoms with Crippen molar-refractivity contribution < 1.29 is 14.7 Å². The van der Waals surface area contributed by atoms with E-state index in [-0.39, 0.29) is 11.6 Å². The molecule has 1 aromatic rings. The molecule has 0 aliphatic heterocycles. The Labute approximate surface area is 110 Å². The second-order valence-corrected chi connectivity index (χ2v) is 4.69. The number of carboxylic acid groups (broad SMARTS) is 1. The largest absolute Gasteiger partial charge is 0.478 e. The van der Waals surface area contributed by atoms with Gasteiger partial charge in [0, 0.05) is 13.6 Å². The molecule has 6 nitrogen and oxygen atoms in total. The molecule has 0 bridgehead atoms. The average Bonchev–Trinajstić information content (AvgIpc) is 2.77. The van der Waals surface area contributed by atoms with Crippen LogP contribution in [0.5, 0.6) is 0 Å². The molecule has 0 saturated heterocycles. The lowest BCUT2D eigenvalue weighted by Gasteiger charge is -2.17. The molecule has 0 atom stereocenters. The Bertz CT molecular complexity index is 419. The molecule has 18 heavy (non-hydrogen) atoms. The van der Waals surface area contributed by atoms with E-state index in [2.05, 4.69) is 10.6 Å². The molecule has 0 aromatic carbocycles. The van der Waals surface area contributed by atoms with Crippen LogP contribution in [-0.2, 0) is 0 Å². The van der Waals surface area contributed by atoms with Crippen LogP contribution in [0.4, 0.5) is 9.80 Å². The molecule has 100 valence electrons. The Hall–Kier alpha value is -1.60. The van der Waals surface area contributed by atoms with Crippen molar-refractivity contribution in [2.75, 3.05) is 32.5 Å². The van der Waals surface area contributed by atoms with Gasteiger partial charge in [0.2, 0.25) is 0 Å². The van der Waals surface area contributed by atoms with Crippen molar-refractivity contribution in [3.05, 3.63) is 17.0 Å². The fourth-order valence-electron chi connectivity index (χ4n) is 1.36. The van der Waals surface area contributed by atoms with Gasteiger partial charge in [-0.15, -0.1) is 11.3 Å². The van der Waals surface area contributed by atoms with Crippen LogP contribution in [0.2, 0.25) is 0 Å². The van der Waals surface area contributed by atoms with Crippen LogP contribution in [0.25, 0.3) is 0 Å². The summed E-state index contributed by atoms with van der Waals surface area (Å²) in [5.41, 5.74) is 0.122. The highest BCUT2D eigenvalue weighted by Gasteiger charge is 2.15. The van der Waals surface area contributed by atoms with Gasteiger partial charge in [0.1, 0.15) is 5.00 Å². The molecule has 1 rings (SSSR count). The molecule has 0 radical (unpaired) electrons. The lowest BCUT2D eigenvalue weighted by molar-refractivity contribution is 0.0698. The van der Waals surface area contributed by atoms with Crippen LogP contribution in [0, 0.1) is 0 Å². The number of nitrogens with zero attached hydrogens (tertiary/aromatic N) is 1. The molecule has 0 aliphatic carbocycles. The van der Waals surface area contributed by atoms with Gasteiger partial charge in [-0.3, -0.25) is 5.32 Å². The number of carbonyl (C=O) groups is 2. The topological polar surface area (TPSA) is 81.7 Å². The number of aromatic carboxylic acids is 1. The SMILES string of the molecule is CNCCCN(C)C(=O)Nc1sccc1C(=O)O. The molecule has 0 spiro atoms. The number of rotatable bonds is 6. The van der Waals surface area contributed by atoms with Crippen molar-refractivity contribution in [1.29, 1.82) is 0 Å². The standard InChI is InChI=1S/C11H17N3O3S/c1-12-5-3-6-14(2)11(17)13-9-8(10(15)16)4-7-18-9/h4,7,12H,3,5-6H2,1-2H3,(H,13,17)(H,15,16). The highest BCUT2D eigenvalue weighted by atomic mass is 32.1. The van der Waals surface area contributed by atoms with Crippen LogP contribution in [0.1, 0.15) is 16.8 Å². The maximum Gasteiger partial charge on any atom is 0.338 e. The fourth-order valence-corrected chi connectivity index (χ4v) is 2.13. The first-order valence-electron chi connectivity index (χ1n) is 5.53.